The van der Waals surface area contributed by atoms with Gasteiger partial charge in [0, 0.05) is 43.6 Å². The molecule has 4 N–H and O–H groups in total. The van der Waals surface area contributed by atoms with Gasteiger partial charge in [0.2, 0.25) is 5.91 Å². The van der Waals surface area contributed by atoms with Gasteiger partial charge in [0.1, 0.15) is 17.9 Å². The van der Waals surface area contributed by atoms with Crippen molar-refractivity contribution >= 4 is 33.4 Å². The highest BCUT2D eigenvalue weighted by atomic mass is 32.2. The summed E-state index contributed by atoms with van der Waals surface area (Å²) in [5.74, 6) is -3.02. The Morgan fingerprint density at radius 2 is 1.73 bits per heavy atom. The van der Waals surface area contributed by atoms with Gasteiger partial charge in [0.05, 0.1) is 29.3 Å². The van der Waals surface area contributed by atoms with Crippen LogP contribution in [0.4, 0.5) is 19.3 Å². The largest absolute Gasteiger partial charge is 0.493 e. The number of sulfone groups is 1. The number of anilines is 1. The molecule has 12 nitrogen and oxygen atoms in total. The molecule has 260 valence electrons. The van der Waals surface area contributed by atoms with Gasteiger partial charge >= 0.3 is 6.03 Å². The Kier molecular flexibility index (Phi) is 9.86. The van der Waals surface area contributed by atoms with Crippen molar-refractivity contribution in [1.29, 1.82) is 0 Å². The second-order valence-electron chi connectivity index (χ2n) is 12.5. The van der Waals surface area contributed by atoms with Crippen molar-refractivity contribution in [3.05, 3.63) is 77.9 Å². The molecule has 0 aromatic heterocycles. The van der Waals surface area contributed by atoms with E-state index in [2.05, 4.69) is 16.0 Å². The van der Waals surface area contributed by atoms with Gasteiger partial charge in [-0.15, -0.1) is 0 Å². The molecule has 3 heterocycles. The lowest BCUT2D eigenvalue weighted by Gasteiger charge is -2.34. The third kappa shape index (κ3) is 7.84. The van der Waals surface area contributed by atoms with E-state index in [1.165, 1.54) is 23.1 Å². The van der Waals surface area contributed by atoms with Gasteiger partial charge in [-0.05, 0) is 66.8 Å². The third-order valence-corrected chi connectivity index (χ3v) is 10.1. The Labute approximate surface area is 281 Å². The van der Waals surface area contributed by atoms with Crippen molar-refractivity contribution in [1.82, 2.24) is 15.5 Å². The summed E-state index contributed by atoms with van der Waals surface area (Å²) in [5.41, 5.74) is 1.56. The van der Waals surface area contributed by atoms with Crippen LogP contribution in [0.5, 0.6) is 5.75 Å². The molecule has 0 unspecified atom stereocenters. The van der Waals surface area contributed by atoms with Crippen LogP contribution in [0.15, 0.2) is 65.6 Å². The van der Waals surface area contributed by atoms with Crippen LogP contribution in [0.3, 0.4) is 0 Å². The summed E-state index contributed by atoms with van der Waals surface area (Å²) in [6, 6.07) is 11.7. The van der Waals surface area contributed by atoms with Crippen molar-refractivity contribution in [2.24, 2.45) is 0 Å². The fourth-order valence-corrected chi connectivity index (χ4v) is 6.94. The van der Waals surface area contributed by atoms with E-state index >= 15 is 0 Å². The van der Waals surface area contributed by atoms with Gasteiger partial charge in [-0.2, -0.15) is 0 Å². The SMILES string of the molecule is CS(=O)(=O)c1ccc(-c2ccc3c(c2)OCC[C@@H]2CC[C@H](O)[C@@H](CNC(=O)[C@@H]4C[C@@H](CN4C(=O)Nc4ccc(F)c(F)c4)NC3=O)O2)cc1. The van der Waals surface area contributed by atoms with E-state index in [0.29, 0.717) is 30.4 Å². The number of fused-ring (bicyclic) bond motifs is 5. The normalized spacial score (nSPS) is 24.7. The molecule has 3 aromatic rings. The van der Waals surface area contributed by atoms with Crippen LogP contribution in [-0.2, 0) is 19.4 Å². The Morgan fingerprint density at radius 1 is 0.980 bits per heavy atom. The van der Waals surface area contributed by atoms with Gasteiger partial charge in [-0.1, -0.05) is 18.2 Å². The minimum Gasteiger partial charge on any atom is -0.493 e. The maximum Gasteiger partial charge on any atom is 0.322 e. The molecule has 3 aliphatic heterocycles. The second-order valence-corrected chi connectivity index (χ2v) is 14.5. The molecule has 0 saturated carbocycles. The number of amides is 4. The topological polar surface area (TPSA) is 163 Å². The van der Waals surface area contributed by atoms with Crippen molar-refractivity contribution < 1.29 is 46.2 Å². The molecule has 5 atom stereocenters. The number of urea groups is 1. The number of likely N-dealkylation sites (tertiary alicyclic amines) is 1. The first-order chi connectivity index (χ1) is 23.4. The number of nitrogens with zero attached hydrogens (tertiary/aromatic N) is 1. The molecule has 15 heteroatoms. The van der Waals surface area contributed by atoms with Crippen LogP contribution >= 0.6 is 0 Å². The number of carbonyl (C=O) groups is 3. The molecule has 2 fully saturated rings. The summed E-state index contributed by atoms with van der Waals surface area (Å²) in [5, 5.41) is 18.8. The lowest BCUT2D eigenvalue weighted by atomic mass is 9.99. The molecule has 4 bridgehead atoms. The summed E-state index contributed by atoms with van der Waals surface area (Å²) in [6.07, 6.45) is 0.776. The Morgan fingerprint density at radius 3 is 2.47 bits per heavy atom. The monoisotopic (exact) mass is 698 g/mol. The molecule has 0 aliphatic carbocycles. The van der Waals surface area contributed by atoms with Gasteiger partial charge in [-0.3, -0.25) is 9.59 Å². The molecular weight excluding hydrogens is 662 g/mol. The first-order valence-electron chi connectivity index (χ1n) is 15.9. The zero-order chi connectivity index (χ0) is 34.9. The number of ether oxygens (including phenoxy) is 2. The van der Waals surface area contributed by atoms with Gasteiger partial charge in [0.25, 0.3) is 5.91 Å². The van der Waals surface area contributed by atoms with E-state index in [9.17, 15) is 36.7 Å². The standard InChI is InChI=1S/C34H36F2N4O8S/c1-49(45,46)24-7-2-19(3-8-24)20-4-9-25-30(14-20)47-13-12-23-6-11-29(41)31(48-23)17-37-33(43)28-16-22(38-32(25)42)18-40(28)34(44)39-21-5-10-26(35)27(36)15-21/h2-5,7-10,14-15,22-23,28-29,31,41H,6,11-13,16-18H2,1H3,(H,37,43)(H,38,42)(H,39,44)/t22-,23-,28-,29-,31+/m0/s1. The van der Waals surface area contributed by atoms with Crippen LogP contribution in [0, 0.1) is 11.6 Å². The zero-order valence-corrected chi connectivity index (χ0v) is 27.3. The van der Waals surface area contributed by atoms with Crippen molar-refractivity contribution in [3.8, 4) is 16.9 Å². The summed E-state index contributed by atoms with van der Waals surface area (Å²) in [6.45, 7) is 0.0821. The highest BCUT2D eigenvalue weighted by Gasteiger charge is 2.41. The molecule has 3 aromatic carbocycles. The average molecular weight is 699 g/mol. The van der Waals surface area contributed by atoms with Crippen LogP contribution < -0.4 is 20.7 Å². The number of rotatable bonds is 3. The quantitative estimate of drug-likeness (QED) is 0.324. The molecule has 0 spiro atoms. The number of aliphatic hydroxyl groups is 1. The smallest absolute Gasteiger partial charge is 0.322 e. The minimum absolute atomic E-state index is 0.0200. The van der Waals surface area contributed by atoms with E-state index < -0.39 is 63.6 Å². The van der Waals surface area contributed by atoms with Crippen LogP contribution in [0.2, 0.25) is 0 Å². The zero-order valence-electron chi connectivity index (χ0n) is 26.5. The van der Waals surface area contributed by atoms with Crippen molar-refractivity contribution in [2.75, 3.05) is 31.3 Å². The second kappa shape index (κ2) is 14.1. The van der Waals surface area contributed by atoms with Gasteiger partial charge in [0.15, 0.2) is 21.5 Å². The highest BCUT2D eigenvalue weighted by Crippen LogP contribution is 2.31. The minimum atomic E-state index is -3.39. The highest BCUT2D eigenvalue weighted by molar-refractivity contribution is 7.90. The first kappa shape index (κ1) is 34.3. The fraction of sp³-hybridized carbons (Fsp3) is 0.382. The van der Waals surface area contributed by atoms with Crippen LogP contribution in [-0.4, -0.2) is 92.6 Å². The Bertz CT molecular complexity index is 1860. The molecule has 3 aliphatic rings. The Balaban J connectivity index is 1.29. The Hall–Kier alpha value is -4.60. The van der Waals surface area contributed by atoms with Gasteiger partial charge < -0.3 is 35.4 Å². The average Bonchev–Trinajstić information content (AvgIpc) is 3.49. The molecule has 6 rings (SSSR count). The van der Waals surface area contributed by atoms with E-state index in [-0.39, 0.29) is 54.1 Å². The predicted molar refractivity (Wildman–Crippen MR) is 174 cm³/mol. The molecule has 0 radical (unpaired) electrons. The lowest BCUT2D eigenvalue weighted by molar-refractivity contribution is -0.133. The molecular formula is C34H36F2N4O8S. The number of hydrogen-bond acceptors (Lipinski definition) is 8. The first-order valence-corrected chi connectivity index (χ1v) is 17.8. The predicted octanol–water partition coefficient (Wildman–Crippen LogP) is 3.25. The molecule has 49 heavy (non-hydrogen) atoms. The maximum atomic E-state index is 13.8. The molecule has 4 amide bonds. The lowest BCUT2D eigenvalue weighted by Crippen LogP contribution is -2.51. The van der Waals surface area contributed by atoms with Crippen molar-refractivity contribution in [3.63, 3.8) is 0 Å². The fourth-order valence-electron chi connectivity index (χ4n) is 6.31. The summed E-state index contributed by atoms with van der Waals surface area (Å²) >= 11 is 0. The third-order valence-electron chi connectivity index (χ3n) is 8.97. The number of benzene rings is 3. The number of nitrogens with one attached hydrogen (secondary N) is 3. The van der Waals surface area contributed by atoms with E-state index in [1.54, 1.807) is 30.3 Å². The summed E-state index contributed by atoms with van der Waals surface area (Å²) < 4.78 is 63.5. The van der Waals surface area contributed by atoms with E-state index in [4.69, 9.17) is 9.47 Å². The van der Waals surface area contributed by atoms with Gasteiger partial charge in [-0.25, -0.2) is 22.0 Å². The summed E-state index contributed by atoms with van der Waals surface area (Å²) in [4.78, 5) is 41.9. The molecule has 2 saturated heterocycles. The number of carbonyl (C=O) groups excluding carboxylic acids is 3. The van der Waals surface area contributed by atoms with Crippen molar-refractivity contribution in [2.45, 2.75) is 61.0 Å². The number of halogens is 2. The maximum absolute atomic E-state index is 13.8. The summed E-state index contributed by atoms with van der Waals surface area (Å²) in [7, 11) is -3.39. The van der Waals surface area contributed by atoms with E-state index in [0.717, 1.165) is 18.4 Å². The van der Waals surface area contributed by atoms with Crippen LogP contribution in [0.25, 0.3) is 11.1 Å². The number of aliphatic hydroxyl groups excluding tert-OH is 1. The van der Waals surface area contributed by atoms with E-state index in [1.807, 2.05) is 0 Å². The number of hydrogen-bond donors (Lipinski definition) is 4. The van der Waals surface area contributed by atoms with Crippen LogP contribution in [0.1, 0.15) is 36.0 Å².